The molecular weight excluding hydrogens is 222 g/mol. The molecule has 1 aliphatic heterocycles. The molecule has 1 aliphatic rings. The average Bonchev–Trinajstić information content (AvgIpc) is 2.40. The number of rotatable bonds is 5. The van der Waals surface area contributed by atoms with Gasteiger partial charge in [-0.25, -0.2) is 0 Å². The van der Waals surface area contributed by atoms with Crippen molar-refractivity contribution in [3.63, 3.8) is 0 Å². The number of benzene rings is 1. The number of nitrogen functional groups attached to an aromatic ring is 1. The molecule has 0 atom stereocenters. The molecule has 0 bridgehead atoms. The summed E-state index contributed by atoms with van der Waals surface area (Å²) in [5.74, 6) is 0. The lowest BCUT2D eigenvalue weighted by Crippen LogP contribution is -2.35. The second-order valence-electron chi connectivity index (χ2n) is 4.93. The van der Waals surface area contributed by atoms with Gasteiger partial charge in [0.15, 0.2) is 0 Å². The highest BCUT2D eigenvalue weighted by molar-refractivity contribution is 5.63. The normalized spacial score (nSPS) is 16.4. The molecule has 3 heteroatoms. The number of piperidine rings is 1. The van der Waals surface area contributed by atoms with E-state index in [1.807, 2.05) is 24.3 Å². The lowest BCUT2D eigenvalue weighted by atomic mass is 10.1. The van der Waals surface area contributed by atoms with Gasteiger partial charge in [-0.15, -0.1) is 0 Å². The standard InChI is InChI=1S/C15H23N3/c1-13(14-5-7-15(16)8-6-14)17-9-12-18-10-3-2-4-11-18/h5-8,17H,1-4,9-12,16H2. The third-order valence-electron chi connectivity index (χ3n) is 3.47. The molecule has 1 fully saturated rings. The number of hydrogen-bond acceptors (Lipinski definition) is 3. The molecule has 98 valence electrons. The van der Waals surface area contributed by atoms with Crippen LogP contribution in [-0.4, -0.2) is 31.1 Å². The summed E-state index contributed by atoms with van der Waals surface area (Å²) in [7, 11) is 0. The molecule has 0 saturated carbocycles. The smallest absolute Gasteiger partial charge is 0.0341 e. The van der Waals surface area contributed by atoms with Gasteiger partial charge in [-0.3, -0.25) is 0 Å². The van der Waals surface area contributed by atoms with Crippen LogP contribution < -0.4 is 11.1 Å². The van der Waals surface area contributed by atoms with Gasteiger partial charge in [0, 0.05) is 24.5 Å². The minimum absolute atomic E-state index is 0.792. The van der Waals surface area contributed by atoms with E-state index in [-0.39, 0.29) is 0 Å². The third-order valence-corrected chi connectivity index (χ3v) is 3.47. The molecule has 0 aromatic heterocycles. The van der Waals surface area contributed by atoms with Crippen LogP contribution in [0, 0.1) is 0 Å². The first-order valence-corrected chi connectivity index (χ1v) is 6.77. The van der Waals surface area contributed by atoms with E-state index < -0.39 is 0 Å². The maximum Gasteiger partial charge on any atom is 0.0341 e. The molecule has 2 rings (SSSR count). The number of hydrogen-bond donors (Lipinski definition) is 2. The molecule has 1 saturated heterocycles. The topological polar surface area (TPSA) is 41.3 Å². The Hall–Kier alpha value is -1.48. The van der Waals surface area contributed by atoms with E-state index in [0.717, 1.165) is 30.0 Å². The fraction of sp³-hybridized carbons (Fsp3) is 0.467. The van der Waals surface area contributed by atoms with E-state index in [1.54, 1.807) is 0 Å². The Kier molecular flexibility index (Phi) is 4.65. The van der Waals surface area contributed by atoms with Gasteiger partial charge < -0.3 is 16.0 Å². The zero-order valence-corrected chi connectivity index (χ0v) is 11.0. The van der Waals surface area contributed by atoms with Crippen LogP contribution in [-0.2, 0) is 0 Å². The predicted octanol–water partition coefficient (Wildman–Crippen LogP) is 2.32. The number of nitrogens with two attached hydrogens (primary N) is 1. The molecule has 3 nitrogen and oxygen atoms in total. The first-order valence-electron chi connectivity index (χ1n) is 6.77. The Morgan fingerprint density at radius 3 is 2.50 bits per heavy atom. The average molecular weight is 245 g/mol. The molecule has 0 spiro atoms. The minimum Gasteiger partial charge on any atom is -0.399 e. The van der Waals surface area contributed by atoms with Crippen LogP contribution in [0.4, 0.5) is 5.69 Å². The first-order chi connectivity index (χ1) is 8.75. The lowest BCUT2D eigenvalue weighted by Gasteiger charge is -2.26. The summed E-state index contributed by atoms with van der Waals surface area (Å²) in [6.07, 6.45) is 4.08. The summed E-state index contributed by atoms with van der Waals surface area (Å²) < 4.78 is 0. The fourth-order valence-electron chi connectivity index (χ4n) is 2.33. The SMILES string of the molecule is C=C(NCCN1CCCCC1)c1ccc(N)cc1. The van der Waals surface area contributed by atoms with E-state index in [4.69, 9.17) is 5.73 Å². The number of nitrogens with zero attached hydrogens (tertiary/aromatic N) is 1. The summed E-state index contributed by atoms with van der Waals surface area (Å²) in [5.41, 5.74) is 8.55. The van der Waals surface area contributed by atoms with Crippen molar-refractivity contribution < 1.29 is 0 Å². The molecule has 1 heterocycles. The summed E-state index contributed by atoms with van der Waals surface area (Å²) >= 11 is 0. The molecular formula is C15H23N3. The highest BCUT2D eigenvalue weighted by Gasteiger charge is 2.09. The van der Waals surface area contributed by atoms with Crippen molar-refractivity contribution >= 4 is 11.4 Å². The highest BCUT2D eigenvalue weighted by atomic mass is 15.1. The quantitative estimate of drug-likeness (QED) is 0.782. The Morgan fingerprint density at radius 2 is 1.83 bits per heavy atom. The highest BCUT2D eigenvalue weighted by Crippen LogP contribution is 2.12. The van der Waals surface area contributed by atoms with E-state index in [2.05, 4.69) is 16.8 Å². The fourth-order valence-corrected chi connectivity index (χ4v) is 2.33. The largest absolute Gasteiger partial charge is 0.399 e. The zero-order valence-electron chi connectivity index (χ0n) is 11.0. The molecule has 0 unspecified atom stereocenters. The Labute approximate surface area is 110 Å². The molecule has 18 heavy (non-hydrogen) atoms. The van der Waals surface area contributed by atoms with Crippen LogP contribution in [0.3, 0.4) is 0 Å². The van der Waals surface area contributed by atoms with Crippen molar-refractivity contribution in [2.75, 3.05) is 31.9 Å². The molecule has 0 aliphatic carbocycles. The van der Waals surface area contributed by atoms with Crippen molar-refractivity contribution in [2.24, 2.45) is 0 Å². The van der Waals surface area contributed by atoms with Crippen LogP contribution in [0.1, 0.15) is 24.8 Å². The van der Waals surface area contributed by atoms with Gasteiger partial charge in [-0.1, -0.05) is 25.1 Å². The van der Waals surface area contributed by atoms with E-state index in [9.17, 15) is 0 Å². The van der Waals surface area contributed by atoms with Gasteiger partial charge >= 0.3 is 0 Å². The predicted molar refractivity (Wildman–Crippen MR) is 78.2 cm³/mol. The Bertz CT molecular complexity index is 377. The van der Waals surface area contributed by atoms with Crippen LogP contribution in [0.25, 0.3) is 5.70 Å². The Balaban J connectivity index is 1.72. The lowest BCUT2D eigenvalue weighted by molar-refractivity contribution is 0.232. The second kappa shape index (κ2) is 6.45. The van der Waals surface area contributed by atoms with E-state index in [0.29, 0.717) is 0 Å². The summed E-state index contributed by atoms with van der Waals surface area (Å²) in [6.45, 7) is 8.63. The second-order valence-corrected chi connectivity index (χ2v) is 4.93. The monoisotopic (exact) mass is 245 g/mol. The van der Waals surface area contributed by atoms with Gasteiger partial charge in [-0.05, 0) is 43.6 Å². The summed E-state index contributed by atoms with van der Waals surface area (Å²) in [5, 5.41) is 3.39. The minimum atomic E-state index is 0.792. The van der Waals surface area contributed by atoms with Crippen LogP contribution in [0.2, 0.25) is 0 Å². The van der Waals surface area contributed by atoms with E-state index >= 15 is 0 Å². The van der Waals surface area contributed by atoms with Crippen molar-refractivity contribution in [1.82, 2.24) is 10.2 Å². The maximum absolute atomic E-state index is 5.67. The van der Waals surface area contributed by atoms with Crippen LogP contribution in [0.5, 0.6) is 0 Å². The first kappa shape index (κ1) is 13.0. The van der Waals surface area contributed by atoms with Crippen LogP contribution >= 0.6 is 0 Å². The number of nitrogens with one attached hydrogen (secondary N) is 1. The van der Waals surface area contributed by atoms with Gasteiger partial charge in [0.1, 0.15) is 0 Å². The van der Waals surface area contributed by atoms with Gasteiger partial charge in [0.2, 0.25) is 0 Å². The number of anilines is 1. The maximum atomic E-state index is 5.67. The van der Waals surface area contributed by atoms with Gasteiger partial charge in [-0.2, -0.15) is 0 Å². The van der Waals surface area contributed by atoms with Crippen molar-refractivity contribution in [3.05, 3.63) is 36.4 Å². The van der Waals surface area contributed by atoms with Crippen molar-refractivity contribution in [1.29, 1.82) is 0 Å². The molecule has 3 N–H and O–H groups in total. The van der Waals surface area contributed by atoms with Gasteiger partial charge in [0.25, 0.3) is 0 Å². The van der Waals surface area contributed by atoms with Crippen molar-refractivity contribution in [3.8, 4) is 0 Å². The summed E-state index contributed by atoms with van der Waals surface area (Å²) in [4.78, 5) is 2.52. The summed E-state index contributed by atoms with van der Waals surface area (Å²) in [6, 6.07) is 7.83. The van der Waals surface area contributed by atoms with Gasteiger partial charge in [0.05, 0.1) is 0 Å². The third kappa shape index (κ3) is 3.77. The molecule has 1 aromatic rings. The Morgan fingerprint density at radius 1 is 1.17 bits per heavy atom. The van der Waals surface area contributed by atoms with Crippen molar-refractivity contribution in [2.45, 2.75) is 19.3 Å². The zero-order chi connectivity index (χ0) is 12.8. The molecule has 1 aromatic carbocycles. The van der Waals surface area contributed by atoms with Crippen LogP contribution in [0.15, 0.2) is 30.8 Å². The number of likely N-dealkylation sites (tertiary alicyclic amines) is 1. The molecule has 0 amide bonds. The molecule has 0 radical (unpaired) electrons. The van der Waals surface area contributed by atoms with E-state index in [1.165, 1.54) is 32.4 Å².